The summed E-state index contributed by atoms with van der Waals surface area (Å²) in [5, 5.41) is 16.0. The van der Waals surface area contributed by atoms with E-state index in [-0.39, 0.29) is 6.61 Å². The molecule has 2 N–H and O–H groups in total. The molecule has 6 heteroatoms. The van der Waals surface area contributed by atoms with Crippen LogP contribution in [-0.4, -0.2) is 27.9 Å². The third-order valence-electron chi connectivity index (χ3n) is 3.08. The maximum atomic E-state index is 8.85. The minimum Gasteiger partial charge on any atom is -0.485 e. The highest BCUT2D eigenvalue weighted by Crippen LogP contribution is 2.13. The van der Waals surface area contributed by atoms with Gasteiger partial charge in [0.05, 0.1) is 0 Å². The molecule has 1 unspecified atom stereocenters. The van der Waals surface area contributed by atoms with Crippen LogP contribution in [0.3, 0.4) is 0 Å². The van der Waals surface area contributed by atoms with Gasteiger partial charge in [-0.3, -0.25) is 0 Å². The van der Waals surface area contributed by atoms with Crippen LogP contribution in [0.4, 0.5) is 0 Å². The van der Waals surface area contributed by atoms with E-state index in [0.29, 0.717) is 24.4 Å². The Balaban J connectivity index is 1.78. The minimum atomic E-state index is 0.205. The predicted octanol–water partition coefficient (Wildman–Crippen LogP) is 1.82. The number of ether oxygens (including phenoxy) is 1. The molecular formula is C15H21N3O3. The molecule has 1 heterocycles. The maximum Gasteiger partial charge on any atom is 0.223 e. The molecule has 1 atom stereocenters. The molecule has 0 aliphatic carbocycles. The zero-order valence-electron chi connectivity index (χ0n) is 12.4. The van der Waals surface area contributed by atoms with Crippen molar-refractivity contribution >= 4 is 0 Å². The van der Waals surface area contributed by atoms with Crippen molar-refractivity contribution in [3.8, 4) is 5.75 Å². The molecule has 6 nitrogen and oxygen atoms in total. The first-order valence-electron chi connectivity index (χ1n) is 7.02. The SMILES string of the molecule is Cc1nc(COc2ccc(CNC(C)CCO)cc2)no1. The summed E-state index contributed by atoms with van der Waals surface area (Å²) in [5.74, 6) is 1.84. The van der Waals surface area contributed by atoms with Crippen LogP contribution in [0.25, 0.3) is 0 Å². The van der Waals surface area contributed by atoms with Crippen LogP contribution in [0.15, 0.2) is 28.8 Å². The molecule has 0 saturated carbocycles. The topological polar surface area (TPSA) is 80.4 Å². The Labute approximate surface area is 124 Å². The maximum absolute atomic E-state index is 8.85. The molecule has 21 heavy (non-hydrogen) atoms. The Morgan fingerprint density at radius 2 is 2.10 bits per heavy atom. The van der Waals surface area contributed by atoms with Crippen molar-refractivity contribution in [3.63, 3.8) is 0 Å². The van der Waals surface area contributed by atoms with Gasteiger partial charge in [-0.25, -0.2) is 0 Å². The molecule has 114 valence electrons. The highest BCUT2D eigenvalue weighted by atomic mass is 16.5. The van der Waals surface area contributed by atoms with E-state index in [0.717, 1.165) is 18.7 Å². The van der Waals surface area contributed by atoms with E-state index in [1.165, 1.54) is 5.56 Å². The molecule has 0 radical (unpaired) electrons. The molecule has 0 aliphatic rings. The molecule has 0 spiro atoms. The summed E-state index contributed by atoms with van der Waals surface area (Å²) in [6.45, 7) is 5.07. The highest BCUT2D eigenvalue weighted by Gasteiger charge is 2.04. The first-order valence-corrected chi connectivity index (χ1v) is 7.02. The molecule has 0 fully saturated rings. The Morgan fingerprint density at radius 1 is 1.33 bits per heavy atom. The summed E-state index contributed by atoms with van der Waals surface area (Å²) in [4.78, 5) is 4.08. The van der Waals surface area contributed by atoms with Gasteiger partial charge in [0.1, 0.15) is 5.75 Å². The van der Waals surface area contributed by atoms with E-state index in [1.807, 2.05) is 24.3 Å². The lowest BCUT2D eigenvalue weighted by Crippen LogP contribution is -2.26. The van der Waals surface area contributed by atoms with Crippen LogP contribution in [0, 0.1) is 6.92 Å². The van der Waals surface area contributed by atoms with E-state index in [4.69, 9.17) is 14.4 Å². The second kappa shape index (κ2) is 7.75. The molecule has 0 amide bonds. The largest absolute Gasteiger partial charge is 0.485 e. The van der Waals surface area contributed by atoms with Crippen LogP contribution in [0.1, 0.15) is 30.6 Å². The molecule has 0 saturated heterocycles. The molecular weight excluding hydrogens is 270 g/mol. The van der Waals surface area contributed by atoms with Gasteiger partial charge in [-0.1, -0.05) is 17.3 Å². The first-order chi connectivity index (χ1) is 10.2. The van der Waals surface area contributed by atoms with Gasteiger partial charge in [-0.2, -0.15) is 4.98 Å². The molecule has 0 aliphatic heterocycles. The second-order valence-corrected chi connectivity index (χ2v) is 4.96. The third-order valence-corrected chi connectivity index (χ3v) is 3.08. The van der Waals surface area contributed by atoms with Crippen LogP contribution in [-0.2, 0) is 13.2 Å². The number of aromatic nitrogens is 2. The lowest BCUT2D eigenvalue weighted by atomic mass is 10.2. The van der Waals surface area contributed by atoms with Crippen molar-refractivity contribution in [1.29, 1.82) is 0 Å². The summed E-state index contributed by atoms with van der Waals surface area (Å²) < 4.78 is 10.5. The Morgan fingerprint density at radius 3 is 2.71 bits per heavy atom. The second-order valence-electron chi connectivity index (χ2n) is 4.96. The monoisotopic (exact) mass is 291 g/mol. The van der Waals surface area contributed by atoms with Crippen LogP contribution >= 0.6 is 0 Å². The predicted molar refractivity (Wildman–Crippen MR) is 77.8 cm³/mol. The number of hydrogen-bond acceptors (Lipinski definition) is 6. The first kappa shape index (κ1) is 15.5. The van der Waals surface area contributed by atoms with Crippen molar-refractivity contribution in [2.24, 2.45) is 0 Å². The van der Waals surface area contributed by atoms with E-state index in [9.17, 15) is 0 Å². The fraction of sp³-hybridized carbons (Fsp3) is 0.467. The summed E-state index contributed by atoms with van der Waals surface area (Å²) in [5.41, 5.74) is 1.17. The van der Waals surface area contributed by atoms with Gasteiger partial charge in [0.2, 0.25) is 11.7 Å². The number of nitrogens with zero attached hydrogens (tertiary/aromatic N) is 2. The number of nitrogens with one attached hydrogen (secondary N) is 1. The van der Waals surface area contributed by atoms with E-state index in [2.05, 4.69) is 22.4 Å². The van der Waals surface area contributed by atoms with Gasteiger partial charge < -0.3 is 19.7 Å². The van der Waals surface area contributed by atoms with Crippen molar-refractivity contribution < 1.29 is 14.4 Å². The van der Waals surface area contributed by atoms with Crippen molar-refractivity contribution in [1.82, 2.24) is 15.5 Å². The van der Waals surface area contributed by atoms with Crippen LogP contribution in [0.2, 0.25) is 0 Å². The Kier molecular flexibility index (Phi) is 5.71. The van der Waals surface area contributed by atoms with Crippen LogP contribution in [0.5, 0.6) is 5.75 Å². The zero-order chi connectivity index (χ0) is 15.1. The van der Waals surface area contributed by atoms with Crippen molar-refractivity contribution in [2.45, 2.75) is 39.5 Å². The number of aliphatic hydroxyl groups is 1. The zero-order valence-corrected chi connectivity index (χ0v) is 12.4. The minimum absolute atomic E-state index is 0.205. The molecule has 2 rings (SSSR count). The Bertz CT molecular complexity index is 539. The quantitative estimate of drug-likeness (QED) is 0.772. The van der Waals surface area contributed by atoms with Gasteiger partial charge in [-0.05, 0) is 31.0 Å². The number of aliphatic hydroxyl groups excluding tert-OH is 1. The van der Waals surface area contributed by atoms with E-state index in [1.54, 1.807) is 6.92 Å². The summed E-state index contributed by atoms with van der Waals surface area (Å²) >= 11 is 0. The molecule has 1 aromatic carbocycles. The lowest BCUT2D eigenvalue weighted by molar-refractivity contribution is 0.268. The fourth-order valence-electron chi connectivity index (χ4n) is 1.84. The van der Waals surface area contributed by atoms with Gasteiger partial charge in [0.25, 0.3) is 0 Å². The summed E-state index contributed by atoms with van der Waals surface area (Å²) in [6, 6.07) is 8.15. The van der Waals surface area contributed by atoms with Crippen LogP contribution < -0.4 is 10.1 Å². The molecule has 2 aromatic rings. The van der Waals surface area contributed by atoms with Crippen molar-refractivity contribution in [2.75, 3.05) is 6.61 Å². The third kappa shape index (κ3) is 5.17. The van der Waals surface area contributed by atoms with Gasteiger partial charge in [0, 0.05) is 26.1 Å². The highest BCUT2D eigenvalue weighted by molar-refractivity contribution is 5.27. The fourth-order valence-corrected chi connectivity index (χ4v) is 1.84. The number of hydrogen-bond donors (Lipinski definition) is 2. The Hall–Kier alpha value is -1.92. The standard InChI is InChI=1S/C15H21N3O3/c1-11(7-8-19)16-9-13-3-5-14(6-4-13)20-10-15-17-12(2)21-18-15/h3-6,11,16,19H,7-10H2,1-2H3. The number of benzene rings is 1. The lowest BCUT2D eigenvalue weighted by Gasteiger charge is -2.12. The van der Waals surface area contributed by atoms with E-state index < -0.39 is 0 Å². The normalized spacial score (nSPS) is 12.3. The summed E-state index contributed by atoms with van der Waals surface area (Å²) in [6.07, 6.45) is 0.755. The molecule has 0 bridgehead atoms. The number of rotatable bonds is 8. The van der Waals surface area contributed by atoms with E-state index >= 15 is 0 Å². The average Bonchev–Trinajstić information content (AvgIpc) is 2.90. The van der Waals surface area contributed by atoms with Crippen molar-refractivity contribution in [3.05, 3.63) is 41.5 Å². The smallest absolute Gasteiger partial charge is 0.223 e. The number of aryl methyl sites for hydroxylation is 1. The summed E-state index contributed by atoms with van der Waals surface area (Å²) in [7, 11) is 0. The average molecular weight is 291 g/mol. The van der Waals surface area contributed by atoms with Gasteiger partial charge in [-0.15, -0.1) is 0 Å². The molecule has 1 aromatic heterocycles. The van der Waals surface area contributed by atoms with Gasteiger partial charge >= 0.3 is 0 Å². The van der Waals surface area contributed by atoms with Gasteiger partial charge in [0.15, 0.2) is 6.61 Å².